The van der Waals surface area contributed by atoms with Crippen molar-refractivity contribution in [2.75, 3.05) is 0 Å². The Morgan fingerprint density at radius 3 is 2.57 bits per heavy atom. The zero-order chi connectivity index (χ0) is 10.9. The van der Waals surface area contributed by atoms with E-state index in [1.807, 2.05) is 4.98 Å². The number of hydrogen-bond acceptors (Lipinski definition) is 2. The molecule has 0 atom stereocenters. The predicted molar refractivity (Wildman–Crippen MR) is 46.7 cm³/mol. The molecule has 0 aliphatic heterocycles. The zero-order valence-corrected chi connectivity index (χ0v) is 8.14. The standard InChI is InChI=1S/C7H4BrF2NO3/c8-4-2(5(9)10)1-3(7(13)14)11-6(4)12/h1,5H,(H,11,12)(H,13,14). The molecule has 14 heavy (non-hydrogen) atoms. The van der Waals surface area contributed by atoms with E-state index in [2.05, 4.69) is 15.9 Å². The van der Waals surface area contributed by atoms with Crippen LogP contribution < -0.4 is 5.56 Å². The molecule has 0 amide bonds. The lowest BCUT2D eigenvalue weighted by Crippen LogP contribution is -2.15. The summed E-state index contributed by atoms with van der Waals surface area (Å²) in [7, 11) is 0. The Kier molecular flexibility index (Phi) is 3.00. The van der Waals surface area contributed by atoms with Crippen molar-refractivity contribution in [1.82, 2.24) is 4.98 Å². The maximum atomic E-state index is 12.3. The number of carboxylic acid groups (broad SMARTS) is 1. The fourth-order valence-electron chi connectivity index (χ4n) is 0.837. The Morgan fingerprint density at radius 2 is 2.14 bits per heavy atom. The van der Waals surface area contributed by atoms with Crippen molar-refractivity contribution in [2.45, 2.75) is 6.43 Å². The SMILES string of the molecule is O=C(O)c1cc(C(F)F)c(Br)c(=O)[nH]1. The number of aromatic nitrogens is 1. The Hall–Kier alpha value is -1.24. The second kappa shape index (κ2) is 3.87. The van der Waals surface area contributed by atoms with E-state index in [1.54, 1.807) is 0 Å². The van der Waals surface area contributed by atoms with Gasteiger partial charge in [-0.2, -0.15) is 0 Å². The Balaban J connectivity index is 3.43. The number of nitrogens with one attached hydrogen (secondary N) is 1. The molecule has 0 unspecified atom stereocenters. The summed E-state index contributed by atoms with van der Waals surface area (Å²) < 4.78 is 24.2. The van der Waals surface area contributed by atoms with Gasteiger partial charge in [0, 0.05) is 5.56 Å². The topological polar surface area (TPSA) is 70.2 Å². The van der Waals surface area contributed by atoms with Crippen molar-refractivity contribution in [3.8, 4) is 0 Å². The van der Waals surface area contributed by atoms with Crippen LogP contribution in [0.4, 0.5) is 8.78 Å². The number of pyridine rings is 1. The second-order valence-electron chi connectivity index (χ2n) is 2.39. The van der Waals surface area contributed by atoms with Crippen molar-refractivity contribution >= 4 is 21.9 Å². The van der Waals surface area contributed by atoms with Crippen molar-refractivity contribution < 1.29 is 18.7 Å². The van der Waals surface area contributed by atoms with E-state index in [-0.39, 0.29) is 4.47 Å². The smallest absolute Gasteiger partial charge is 0.352 e. The van der Waals surface area contributed by atoms with E-state index in [0.717, 1.165) is 6.07 Å². The summed E-state index contributed by atoms with van der Waals surface area (Å²) in [6.07, 6.45) is -2.90. The molecular weight excluding hydrogens is 264 g/mol. The number of aromatic amines is 1. The number of H-pyrrole nitrogens is 1. The van der Waals surface area contributed by atoms with Crippen LogP contribution in [0.15, 0.2) is 15.3 Å². The highest BCUT2D eigenvalue weighted by Gasteiger charge is 2.17. The normalized spacial score (nSPS) is 10.6. The second-order valence-corrected chi connectivity index (χ2v) is 3.18. The molecule has 76 valence electrons. The van der Waals surface area contributed by atoms with E-state index in [0.29, 0.717) is 0 Å². The van der Waals surface area contributed by atoms with Crippen LogP contribution >= 0.6 is 15.9 Å². The van der Waals surface area contributed by atoms with Crippen molar-refractivity contribution in [1.29, 1.82) is 0 Å². The summed E-state index contributed by atoms with van der Waals surface area (Å²) in [6.45, 7) is 0. The van der Waals surface area contributed by atoms with E-state index in [1.165, 1.54) is 0 Å². The lowest BCUT2D eigenvalue weighted by atomic mass is 10.2. The van der Waals surface area contributed by atoms with Gasteiger partial charge in [0.2, 0.25) is 0 Å². The number of aromatic carboxylic acids is 1. The molecule has 4 nitrogen and oxygen atoms in total. The largest absolute Gasteiger partial charge is 0.477 e. The minimum atomic E-state index is -2.90. The zero-order valence-electron chi connectivity index (χ0n) is 6.55. The number of halogens is 3. The van der Waals surface area contributed by atoms with E-state index < -0.39 is 29.2 Å². The fraction of sp³-hybridized carbons (Fsp3) is 0.143. The van der Waals surface area contributed by atoms with Crippen molar-refractivity contribution in [2.24, 2.45) is 0 Å². The first-order valence-corrected chi connectivity index (χ1v) is 4.17. The lowest BCUT2D eigenvalue weighted by Gasteiger charge is -2.03. The van der Waals surface area contributed by atoms with Crippen LogP contribution in [-0.2, 0) is 0 Å². The van der Waals surface area contributed by atoms with Crippen molar-refractivity contribution in [3.05, 3.63) is 32.2 Å². The fourth-order valence-corrected chi connectivity index (χ4v) is 1.22. The number of rotatable bonds is 2. The highest BCUT2D eigenvalue weighted by Crippen LogP contribution is 2.24. The minimum absolute atomic E-state index is 0.350. The van der Waals surface area contributed by atoms with Crippen LogP contribution in [0.2, 0.25) is 0 Å². The number of hydrogen-bond donors (Lipinski definition) is 2. The molecule has 0 fully saturated rings. The monoisotopic (exact) mass is 267 g/mol. The first-order valence-electron chi connectivity index (χ1n) is 3.37. The summed E-state index contributed by atoms with van der Waals surface area (Å²) in [5.41, 5.74) is -2.08. The molecule has 1 rings (SSSR count). The summed E-state index contributed by atoms with van der Waals surface area (Å²) in [5.74, 6) is -1.46. The van der Waals surface area contributed by atoms with Crippen LogP contribution in [-0.4, -0.2) is 16.1 Å². The van der Waals surface area contributed by atoms with Gasteiger partial charge in [-0.25, -0.2) is 13.6 Å². The third kappa shape index (κ3) is 1.98. The molecule has 7 heteroatoms. The minimum Gasteiger partial charge on any atom is -0.477 e. The average Bonchev–Trinajstić information content (AvgIpc) is 2.08. The molecule has 0 spiro atoms. The first kappa shape index (κ1) is 10.8. The van der Waals surface area contributed by atoms with E-state index in [4.69, 9.17) is 5.11 Å². The van der Waals surface area contributed by atoms with Gasteiger partial charge in [0.15, 0.2) is 0 Å². The van der Waals surface area contributed by atoms with Crippen molar-refractivity contribution in [3.63, 3.8) is 0 Å². The van der Waals surface area contributed by atoms with Gasteiger partial charge >= 0.3 is 5.97 Å². The molecule has 1 heterocycles. The van der Waals surface area contributed by atoms with Gasteiger partial charge < -0.3 is 10.1 Å². The lowest BCUT2D eigenvalue weighted by molar-refractivity contribution is 0.0689. The molecule has 1 aromatic rings. The molecule has 0 saturated carbocycles. The highest BCUT2D eigenvalue weighted by molar-refractivity contribution is 9.10. The molecule has 0 aromatic carbocycles. The van der Waals surface area contributed by atoms with Gasteiger partial charge in [-0.05, 0) is 22.0 Å². The molecular formula is C7H4BrF2NO3. The van der Waals surface area contributed by atoms with E-state index in [9.17, 15) is 18.4 Å². The summed E-state index contributed by atoms with van der Waals surface area (Å²) in [6, 6.07) is 0.721. The molecule has 0 radical (unpaired) electrons. The van der Waals surface area contributed by atoms with Gasteiger partial charge in [-0.15, -0.1) is 0 Å². The molecule has 1 aromatic heterocycles. The average molecular weight is 268 g/mol. The highest BCUT2D eigenvalue weighted by atomic mass is 79.9. The maximum Gasteiger partial charge on any atom is 0.352 e. The van der Waals surface area contributed by atoms with Gasteiger partial charge in [0.05, 0.1) is 4.47 Å². The summed E-state index contributed by atoms with van der Waals surface area (Å²) >= 11 is 2.65. The Morgan fingerprint density at radius 1 is 1.57 bits per heavy atom. The third-order valence-electron chi connectivity index (χ3n) is 1.47. The molecule has 0 aliphatic rings. The van der Waals surface area contributed by atoms with E-state index >= 15 is 0 Å². The molecule has 2 N–H and O–H groups in total. The number of alkyl halides is 2. The molecule has 0 saturated heterocycles. The summed E-state index contributed by atoms with van der Waals surface area (Å²) in [4.78, 5) is 23.3. The Bertz CT molecular complexity index is 429. The van der Waals surface area contributed by atoms with Crippen LogP contribution in [0.25, 0.3) is 0 Å². The number of carboxylic acids is 1. The van der Waals surface area contributed by atoms with Gasteiger partial charge in [0.1, 0.15) is 5.69 Å². The van der Waals surface area contributed by atoms with Gasteiger partial charge in [-0.1, -0.05) is 0 Å². The summed E-state index contributed by atoms with van der Waals surface area (Å²) in [5, 5.41) is 8.48. The number of carbonyl (C=O) groups is 1. The predicted octanol–water partition coefficient (Wildman–Crippen LogP) is 1.77. The van der Waals surface area contributed by atoms with Crippen LogP contribution in [0, 0.1) is 0 Å². The van der Waals surface area contributed by atoms with Crippen LogP contribution in [0.1, 0.15) is 22.5 Å². The van der Waals surface area contributed by atoms with Gasteiger partial charge in [-0.3, -0.25) is 4.79 Å². The molecule has 0 bridgehead atoms. The maximum absolute atomic E-state index is 12.3. The third-order valence-corrected chi connectivity index (χ3v) is 2.28. The Labute approximate surface area is 84.7 Å². The van der Waals surface area contributed by atoms with Gasteiger partial charge in [0.25, 0.3) is 12.0 Å². The first-order chi connectivity index (χ1) is 6.43. The molecule has 0 aliphatic carbocycles. The van der Waals surface area contributed by atoms with Crippen LogP contribution in [0.3, 0.4) is 0 Å². The quantitative estimate of drug-likeness (QED) is 0.858. The van der Waals surface area contributed by atoms with Crippen LogP contribution in [0.5, 0.6) is 0 Å².